The highest BCUT2D eigenvalue weighted by molar-refractivity contribution is 7.15. The molecule has 4 heteroatoms. The summed E-state index contributed by atoms with van der Waals surface area (Å²) in [7, 11) is 2.02. The highest BCUT2D eigenvalue weighted by atomic mass is 32.1. The minimum Gasteiger partial charge on any atom is -0.387 e. The van der Waals surface area contributed by atoms with E-state index in [2.05, 4.69) is 22.0 Å². The largest absolute Gasteiger partial charge is 0.387 e. The van der Waals surface area contributed by atoms with Crippen molar-refractivity contribution < 1.29 is 5.11 Å². The monoisotopic (exact) mass is 260 g/mol. The zero-order chi connectivity index (χ0) is 12.5. The van der Waals surface area contributed by atoms with Crippen molar-refractivity contribution in [2.24, 2.45) is 0 Å². The SMILES string of the molecule is CN(c1ccccc1)c1nc2c(s1)CCCC2O. The number of anilines is 2. The molecule has 0 aliphatic heterocycles. The lowest BCUT2D eigenvalue weighted by atomic mass is 10.0. The molecule has 1 unspecified atom stereocenters. The van der Waals surface area contributed by atoms with Crippen LogP contribution in [0.15, 0.2) is 30.3 Å². The Morgan fingerprint density at radius 1 is 1.33 bits per heavy atom. The van der Waals surface area contributed by atoms with E-state index in [9.17, 15) is 5.11 Å². The Bertz CT molecular complexity index is 538. The quantitative estimate of drug-likeness (QED) is 0.900. The van der Waals surface area contributed by atoms with Crippen LogP contribution in [-0.2, 0) is 6.42 Å². The molecule has 0 spiro atoms. The molecule has 0 fully saturated rings. The van der Waals surface area contributed by atoms with Gasteiger partial charge in [0.05, 0.1) is 11.8 Å². The van der Waals surface area contributed by atoms with Crippen LogP contribution in [0.3, 0.4) is 0 Å². The normalized spacial score (nSPS) is 18.4. The Labute approximate surface area is 111 Å². The fourth-order valence-corrected chi connectivity index (χ4v) is 3.43. The first-order valence-corrected chi connectivity index (χ1v) is 7.04. The molecular formula is C14H16N2OS. The molecule has 0 bridgehead atoms. The zero-order valence-electron chi connectivity index (χ0n) is 10.3. The third-order valence-corrected chi connectivity index (χ3v) is 4.55. The number of aryl methyl sites for hydroxylation is 1. The summed E-state index contributed by atoms with van der Waals surface area (Å²) in [5.74, 6) is 0. The molecule has 1 heterocycles. The molecule has 1 N–H and O–H groups in total. The van der Waals surface area contributed by atoms with E-state index >= 15 is 0 Å². The number of benzene rings is 1. The lowest BCUT2D eigenvalue weighted by Gasteiger charge is -2.15. The lowest BCUT2D eigenvalue weighted by Crippen LogP contribution is -2.10. The molecule has 0 saturated heterocycles. The van der Waals surface area contributed by atoms with Crippen LogP contribution in [-0.4, -0.2) is 17.1 Å². The fraction of sp³-hybridized carbons (Fsp3) is 0.357. The second kappa shape index (κ2) is 4.71. The van der Waals surface area contributed by atoms with Crippen molar-refractivity contribution in [1.82, 2.24) is 4.98 Å². The van der Waals surface area contributed by atoms with Gasteiger partial charge in [-0.1, -0.05) is 18.2 Å². The number of para-hydroxylation sites is 1. The number of thiazole rings is 1. The Morgan fingerprint density at radius 3 is 2.83 bits per heavy atom. The third-order valence-electron chi connectivity index (χ3n) is 3.34. The van der Waals surface area contributed by atoms with Crippen LogP contribution >= 0.6 is 11.3 Å². The van der Waals surface area contributed by atoms with E-state index in [-0.39, 0.29) is 6.10 Å². The maximum absolute atomic E-state index is 9.95. The van der Waals surface area contributed by atoms with Gasteiger partial charge in [-0.05, 0) is 31.4 Å². The molecule has 0 amide bonds. The lowest BCUT2D eigenvalue weighted by molar-refractivity contribution is 0.153. The van der Waals surface area contributed by atoms with E-state index in [1.54, 1.807) is 11.3 Å². The molecule has 1 aromatic carbocycles. The molecule has 3 rings (SSSR count). The molecule has 94 valence electrons. The number of rotatable bonds is 2. The van der Waals surface area contributed by atoms with E-state index in [4.69, 9.17) is 0 Å². The number of hydrogen-bond acceptors (Lipinski definition) is 4. The van der Waals surface area contributed by atoms with E-state index < -0.39 is 0 Å². The number of fused-ring (bicyclic) bond motifs is 1. The highest BCUT2D eigenvalue weighted by Crippen LogP contribution is 2.37. The van der Waals surface area contributed by atoms with Crippen molar-refractivity contribution in [2.75, 3.05) is 11.9 Å². The fourth-order valence-electron chi connectivity index (χ4n) is 2.29. The van der Waals surface area contributed by atoms with Gasteiger partial charge in [-0.3, -0.25) is 0 Å². The van der Waals surface area contributed by atoms with E-state index in [0.29, 0.717) is 0 Å². The van der Waals surface area contributed by atoms with Gasteiger partial charge in [-0.15, -0.1) is 11.3 Å². The summed E-state index contributed by atoms with van der Waals surface area (Å²) in [4.78, 5) is 7.92. The van der Waals surface area contributed by atoms with Gasteiger partial charge in [0, 0.05) is 17.6 Å². The summed E-state index contributed by atoms with van der Waals surface area (Å²) in [6.07, 6.45) is 2.57. The van der Waals surface area contributed by atoms with Crippen LogP contribution in [0.2, 0.25) is 0 Å². The first-order valence-electron chi connectivity index (χ1n) is 6.22. The molecule has 2 aromatic rings. The number of aliphatic hydroxyl groups is 1. The van der Waals surface area contributed by atoms with Gasteiger partial charge in [0.25, 0.3) is 0 Å². The minimum atomic E-state index is -0.372. The zero-order valence-corrected chi connectivity index (χ0v) is 11.2. The standard InChI is InChI=1S/C14H16N2OS/c1-16(10-6-3-2-4-7-10)14-15-13-11(17)8-5-9-12(13)18-14/h2-4,6-7,11,17H,5,8-9H2,1H3. The average Bonchev–Trinajstić information content (AvgIpc) is 2.84. The second-order valence-corrected chi connectivity index (χ2v) is 5.67. The van der Waals surface area contributed by atoms with Crippen molar-refractivity contribution in [3.8, 4) is 0 Å². The Balaban J connectivity index is 1.94. The van der Waals surface area contributed by atoms with Crippen LogP contribution in [0.1, 0.15) is 29.5 Å². The molecule has 1 aliphatic rings. The Hall–Kier alpha value is -1.39. The molecule has 0 saturated carbocycles. The molecule has 1 aromatic heterocycles. The van der Waals surface area contributed by atoms with Gasteiger partial charge >= 0.3 is 0 Å². The van der Waals surface area contributed by atoms with Gasteiger partial charge in [-0.2, -0.15) is 0 Å². The van der Waals surface area contributed by atoms with E-state index in [1.807, 2.05) is 25.2 Å². The first kappa shape index (κ1) is 11.7. The first-order chi connectivity index (χ1) is 8.75. The van der Waals surface area contributed by atoms with Crippen molar-refractivity contribution >= 4 is 22.2 Å². The predicted octanol–water partition coefficient (Wildman–Crippen LogP) is 3.28. The molecule has 0 radical (unpaired) electrons. The van der Waals surface area contributed by atoms with Crippen LogP contribution in [0.4, 0.5) is 10.8 Å². The molecule has 18 heavy (non-hydrogen) atoms. The average molecular weight is 260 g/mol. The van der Waals surface area contributed by atoms with Crippen molar-refractivity contribution in [3.05, 3.63) is 40.9 Å². The van der Waals surface area contributed by atoms with E-state index in [0.717, 1.165) is 35.8 Å². The summed E-state index contributed by atoms with van der Waals surface area (Å²) in [5.41, 5.74) is 2.02. The molecule has 1 atom stereocenters. The topological polar surface area (TPSA) is 36.4 Å². The maximum Gasteiger partial charge on any atom is 0.190 e. The van der Waals surface area contributed by atoms with Crippen LogP contribution < -0.4 is 4.90 Å². The van der Waals surface area contributed by atoms with Crippen LogP contribution in [0.5, 0.6) is 0 Å². The summed E-state index contributed by atoms with van der Waals surface area (Å²) < 4.78 is 0. The highest BCUT2D eigenvalue weighted by Gasteiger charge is 2.24. The number of aliphatic hydroxyl groups excluding tert-OH is 1. The van der Waals surface area contributed by atoms with Crippen molar-refractivity contribution in [2.45, 2.75) is 25.4 Å². The predicted molar refractivity (Wildman–Crippen MR) is 74.5 cm³/mol. The molecular weight excluding hydrogens is 244 g/mol. The third kappa shape index (κ3) is 2.02. The number of nitrogens with zero attached hydrogens (tertiary/aromatic N) is 2. The van der Waals surface area contributed by atoms with Crippen LogP contribution in [0, 0.1) is 0 Å². The Kier molecular flexibility index (Phi) is 3.06. The number of aromatic nitrogens is 1. The summed E-state index contributed by atoms with van der Waals surface area (Å²) in [6.45, 7) is 0. The Morgan fingerprint density at radius 2 is 2.11 bits per heavy atom. The van der Waals surface area contributed by atoms with Crippen molar-refractivity contribution in [1.29, 1.82) is 0 Å². The summed E-state index contributed by atoms with van der Waals surface area (Å²) >= 11 is 1.70. The summed E-state index contributed by atoms with van der Waals surface area (Å²) in [5, 5.41) is 10.9. The number of hydrogen-bond donors (Lipinski definition) is 1. The molecule has 3 nitrogen and oxygen atoms in total. The van der Waals surface area contributed by atoms with Crippen molar-refractivity contribution in [3.63, 3.8) is 0 Å². The van der Waals surface area contributed by atoms with Gasteiger partial charge < -0.3 is 10.0 Å². The van der Waals surface area contributed by atoms with Gasteiger partial charge in [0.15, 0.2) is 5.13 Å². The smallest absolute Gasteiger partial charge is 0.190 e. The van der Waals surface area contributed by atoms with Crippen LogP contribution in [0.25, 0.3) is 0 Å². The van der Waals surface area contributed by atoms with Gasteiger partial charge in [0.2, 0.25) is 0 Å². The minimum absolute atomic E-state index is 0.372. The maximum atomic E-state index is 9.95. The second-order valence-electron chi connectivity index (χ2n) is 4.61. The summed E-state index contributed by atoms with van der Waals surface area (Å²) in [6, 6.07) is 10.2. The molecule has 1 aliphatic carbocycles. The van der Waals surface area contributed by atoms with Gasteiger partial charge in [0.1, 0.15) is 0 Å². The van der Waals surface area contributed by atoms with E-state index in [1.165, 1.54) is 4.88 Å². The van der Waals surface area contributed by atoms with Gasteiger partial charge in [-0.25, -0.2) is 4.98 Å².